The van der Waals surface area contributed by atoms with Gasteiger partial charge >= 0.3 is 0 Å². The number of nitrogens with zero attached hydrogens (tertiary/aromatic N) is 3. The minimum absolute atomic E-state index is 0.0558. The Bertz CT molecular complexity index is 1250. The van der Waals surface area contributed by atoms with Crippen molar-refractivity contribution in [3.05, 3.63) is 35.6 Å². The Balaban J connectivity index is 1.53. The van der Waals surface area contributed by atoms with Crippen LogP contribution in [0.2, 0.25) is 0 Å². The van der Waals surface area contributed by atoms with Crippen LogP contribution in [0, 0.1) is 50.7 Å². The van der Waals surface area contributed by atoms with E-state index in [4.69, 9.17) is 4.42 Å². The number of rotatable bonds is 4. The van der Waals surface area contributed by atoms with Gasteiger partial charge in [-0.25, -0.2) is 0 Å². The van der Waals surface area contributed by atoms with Crippen LogP contribution in [-0.2, 0) is 15.0 Å². The molecular formula is C32H43N3O3. The second-order valence-electron chi connectivity index (χ2n) is 14.5. The van der Waals surface area contributed by atoms with Crippen LogP contribution >= 0.6 is 0 Å². The molecule has 4 aliphatic rings. The first-order chi connectivity index (χ1) is 17.7. The zero-order valence-corrected chi connectivity index (χ0v) is 24.2. The Morgan fingerprint density at radius 2 is 1.82 bits per heavy atom. The van der Waals surface area contributed by atoms with Crippen molar-refractivity contribution in [3.63, 3.8) is 0 Å². The summed E-state index contributed by atoms with van der Waals surface area (Å²) in [4.78, 5) is 26.3. The molecule has 2 fully saturated rings. The normalized spacial score (nSPS) is 42.4. The van der Waals surface area contributed by atoms with Gasteiger partial charge in [-0.05, 0) is 79.1 Å². The van der Waals surface area contributed by atoms with Crippen molar-refractivity contribution < 1.29 is 14.0 Å². The van der Waals surface area contributed by atoms with Gasteiger partial charge in [-0.2, -0.15) is 5.26 Å². The second-order valence-corrected chi connectivity index (χ2v) is 14.5. The summed E-state index contributed by atoms with van der Waals surface area (Å²) in [5, 5.41) is 18.3. The summed E-state index contributed by atoms with van der Waals surface area (Å²) in [6.45, 7) is 15.8. The Kier molecular flexibility index (Phi) is 6.21. The number of nitriles is 1. The van der Waals surface area contributed by atoms with E-state index in [1.54, 1.807) is 0 Å². The Hall–Kier alpha value is -2.55. The lowest BCUT2D eigenvalue weighted by molar-refractivity contribution is -0.126. The maximum absolute atomic E-state index is 13.4. The van der Waals surface area contributed by atoms with Crippen LogP contribution in [0.4, 0.5) is 0 Å². The molecule has 1 aromatic heterocycles. The first-order valence-electron chi connectivity index (χ1n) is 14.4. The molecule has 7 atom stereocenters. The van der Waals surface area contributed by atoms with Gasteiger partial charge < -0.3 is 4.42 Å². The number of allylic oxidation sites excluding steroid dienone is 4. The molecular weight excluding hydrogens is 474 g/mol. The van der Waals surface area contributed by atoms with Crippen molar-refractivity contribution in [1.82, 2.24) is 10.2 Å². The molecule has 4 aliphatic carbocycles. The highest BCUT2D eigenvalue weighted by atomic mass is 16.4. The molecule has 1 unspecified atom stereocenters. The van der Waals surface area contributed by atoms with E-state index in [1.807, 2.05) is 19.1 Å². The fraction of sp³-hybridized carbons (Fsp3) is 0.719. The number of Topliss-reactive ketones (excluding diaryl/α,β-unsaturated/α-hetero) is 1. The first-order valence-corrected chi connectivity index (χ1v) is 14.4. The number of ketones is 2. The molecule has 0 spiro atoms. The van der Waals surface area contributed by atoms with Crippen LogP contribution in [0.5, 0.6) is 0 Å². The number of aromatic nitrogens is 2. The maximum Gasteiger partial charge on any atom is 0.222 e. The molecule has 0 N–H and O–H groups in total. The fourth-order valence-electron chi connectivity index (χ4n) is 9.23. The summed E-state index contributed by atoms with van der Waals surface area (Å²) in [5.41, 5.74) is 0.504. The molecule has 6 heteroatoms. The predicted octanol–water partition coefficient (Wildman–Crippen LogP) is 6.93. The molecule has 2 saturated carbocycles. The van der Waals surface area contributed by atoms with Gasteiger partial charge in [0, 0.05) is 17.8 Å². The zero-order chi connectivity index (χ0) is 27.7. The fourth-order valence-corrected chi connectivity index (χ4v) is 9.23. The molecule has 6 nitrogen and oxygen atoms in total. The third kappa shape index (κ3) is 3.79. The van der Waals surface area contributed by atoms with Gasteiger partial charge in [-0.1, -0.05) is 60.1 Å². The van der Waals surface area contributed by atoms with Crippen LogP contribution in [0.15, 0.2) is 34.1 Å². The van der Waals surface area contributed by atoms with Gasteiger partial charge in [0.1, 0.15) is 6.07 Å². The van der Waals surface area contributed by atoms with Crippen molar-refractivity contribution in [2.75, 3.05) is 0 Å². The highest BCUT2D eigenvalue weighted by molar-refractivity contribution is 6.02. The van der Waals surface area contributed by atoms with E-state index in [1.165, 1.54) is 6.39 Å². The van der Waals surface area contributed by atoms with E-state index in [2.05, 4.69) is 57.8 Å². The summed E-state index contributed by atoms with van der Waals surface area (Å²) >= 11 is 0. The van der Waals surface area contributed by atoms with E-state index in [0.29, 0.717) is 12.3 Å². The highest BCUT2D eigenvalue weighted by Crippen LogP contribution is 2.68. The first kappa shape index (κ1) is 27.0. The summed E-state index contributed by atoms with van der Waals surface area (Å²) in [7, 11) is 0. The van der Waals surface area contributed by atoms with Crippen LogP contribution in [0.25, 0.3) is 0 Å². The minimum atomic E-state index is -0.477. The standard InChI is InChI=1S/C32H43N3O3/c1-20-15-28(3,4)10-12-32(20,27-35-34-19-38-27)13-11-29(5)17-23(36)14-25-30(6)16-22(18-33)26(37)21(2)24(30)8-9-31(25,29)7/h14,16,19-21,24H,8-13,15,17H2,1-7H3/t20?,21-,24-,29+,30-,31+,32-/m0/s1. The predicted molar refractivity (Wildman–Crippen MR) is 145 cm³/mol. The molecule has 0 aromatic carbocycles. The van der Waals surface area contributed by atoms with Gasteiger partial charge in [0.05, 0.1) is 11.0 Å². The lowest BCUT2D eigenvalue weighted by Crippen LogP contribution is -2.55. The smallest absolute Gasteiger partial charge is 0.222 e. The summed E-state index contributed by atoms with van der Waals surface area (Å²) < 4.78 is 5.90. The van der Waals surface area contributed by atoms with Crippen LogP contribution in [-0.4, -0.2) is 21.8 Å². The van der Waals surface area contributed by atoms with Crippen molar-refractivity contribution in [2.45, 2.75) is 105 Å². The third-order valence-corrected chi connectivity index (χ3v) is 11.9. The number of carbonyl (C=O) groups is 2. The van der Waals surface area contributed by atoms with Gasteiger partial charge in [-0.3, -0.25) is 9.59 Å². The minimum Gasteiger partial charge on any atom is -0.427 e. The Morgan fingerprint density at radius 1 is 1.08 bits per heavy atom. The molecule has 5 rings (SSSR count). The summed E-state index contributed by atoms with van der Waals surface area (Å²) in [6, 6.07) is 2.16. The molecule has 0 amide bonds. The Labute approximate surface area is 227 Å². The topological polar surface area (TPSA) is 96.8 Å². The van der Waals surface area contributed by atoms with E-state index in [9.17, 15) is 14.9 Å². The van der Waals surface area contributed by atoms with Gasteiger partial charge in [0.25, 0.3) is 0 Å². The molecule has 0 radical (unpaired) electrons. The van der Waals surface area contributed by atoms with Crippen molar-refractivity contribution >= 4 is 11.6 Å². The quantitative estimate of drug-likeness (QED) is 0.429. The average Bonchev–Trinajstić information content (AvgIpc) is 3.38. The van der Waals surface area contributed by atoms with Crippen molar-refractivity contribution in [1.29, 1.82) is 5.26 Å². The monoisotopic (exact) mass is 517 g/mol. The maximum atomic E-state index is 13.4. The molecule has 1 aromatic rings. The summed E-state index contributed by atoms with van der Waals surface area (Å²) in [6.07, 6.45) is 12.6. The largest absolute Gasteiger partial charge is 0.427 e. The van der Waals surface area contributed by atoms with Crippen molar-refractivity contribution in [2.24, 2.45) is 39.4 Å². The number of hydrogen-bond donors (Lipinski definition) is 0. The average molecular weight is 518 g/mol. The van der Waals surface area contributed by atoms with E-state index in [0.717, 1.165) is 56.4 Å². The number of fused-ring (bicyclic) bond motifs is 3. The number of hydrogen-bond acceptors (Lipinski definition) is 6. The highest BCUT2D eigenvalue weighted by Gasteiger charge is 2.61. The van der Waals surface area contributed by atoms with Crippen LogP contribution in [0.3, 0.4) is 0 Å². The molecule has 0 aliphatic heterocycles. The molecule has 1 heterocycles. The molecule has 0 bridgehead atoms. The Morgan fingerprint density at radius 3 is 2.45 bits per heavy atom. The molecule has 0 saturated heterocycles. The second kappa shape index (κ2) is 8.73. The van der Waals surface area contributed by atoms with Crippen LogP contribution in [0.1, 0.15) is 106 Å². The third-order valence-electron chi connectivity index (χ3n) is 11.9. The molecule has 38 heavy (non-hydrogen) atoms. The van der Waals surface area contributed by atoms with E-state index in [-0.39, 0.29) is 50.6 Å². The van der Waals surface area contributed by atoms with Gasteiger partial charge in [0.15, 0.2) is 11.6 Å². The summed E-state index contributed by atoms with van der Waals surface area (Å²) in [5.74, 6) is 1.11. The lowest BCUT2D eigenvalue weighted by Gasteiger charge is -2.61. The van der Waals surface area contributed by atoms with Gasteiger partial charge in [-0.15, -0.1) is 10.2 Å². The van der Waals surface area contributed by atoms with Crippen LogP contribution < -0.4 is 0 Å². The van der Waals surface area contributed by atoms with E-state index < -0.39 is 5.41 Å². The van der Waals surface area contributed by atoms with Crippen molar-refractivity contribution in [3.8, 4) is 6.07 Å². The van der Waals surface area contributed by atoms with Gasteiger partial charge in [0.2, 0.25) is 12.3 Å². The van der Waals surface area contributed by atoms with E-state index >= 15 is 0 Å². The molecule has 204 valence electrons. The lowest BCUT2D eigenvalue weighted by atomic mass is 9.41. The zero-order valence-electron chi connectivity index (χ0n) is 24.2. The number of carbonyl (C=O) groups excluding carboxylic acids is 2. The SMILES string of the molecule is CC1CC(C)(C)CC[C@@]1(CC[C@]1(C)CC(=O)C=C2[C@@]3(C)C=C(C#N)C(=O)[C@@H](C)[C@@H]3CC[C@]21C)c1nnco1.